The predicted molar refractivity (Wildman–Crippen MR) is 105 cm³/mol. The highest BCUT2D eigenvalue weighted by Gasteiger charge is 2.16. The van der Waals surface area contributed by atoms with Crippen molar-refractivity contribution in [1.82, 2.24) is 0 Å². The number of hydrogen-bond acceptors (Lipinski definition) is 1. The largest absolute Gasteiger partial charge is 0.285 e. The van der Waals surface area contributed by atoms with E-state index in [1.54, 1.807) is 0 Å². The lowest BCUT2D eigenvalue weighted by molar-refractivity contribution is 0.683. The van der Waals surface area contributed by atoms with Gasteiger partial charge in [0.15, 0.2) is 0 Å². The van der Waals surface area contributed by atoms with Gasteiger partial charge in [-0.05, 0) is 67.4 Å². The van der Waals surface area contributed by atoms with Gasteiger partial charge in [0.25, 0.3) is 0 Å². The van der Waals surface area contributed by atoms with Crippen molar-refractivity contribution in [3.63, 3.8) is 0 Å². The van der Waals surface area contributed by atoms with Crippen LogP contribution in [0.3, 0.4) is 0 Å². The van der Waals surface area contributed by atoms with Gasteiger partial charge in [0.1, 0.15) is 0 Å². The van der Waals surface area contributed by atoms with E-state index in [9.17, 15) is 0 Å². The van der Waals surface area contributed by atoms with Crippen LogP contribution in [-0.2, 0) is 0 Å². The number of allylic oxidation sites excluding steroid dienone is 8. The van der Waals surface area contributed by atoms with Gasteiger partial charge in [-0.25, -0.2) is 0 Å². The number of nitrogens with zero attached hydrogens (tertiary/aromatic N) is 1. The van der Waals surface area contributed by atoms with Crippen molar-refractivity contribution in [2.45, 2.75) is 40.0 Å². The van der Waals surface area contributed by atoms with Crippen LogP contribution in [0, 0.1) is 5.92 Å². The Labute approximate surface area is 146 Å². The summed E-state index contributed by atoms with van der Waals surface area (Å²) >= 11 is 0. The molecule has 1 aliphatic heterocycles. The van der Waals surface area contributed by atoms with E-state index >= 15 is 0 Å². The second-order valence-electron chi connectivity index (χ2n) is 6.90. The summed E-state index contributed by atoms with van der Waals surface area (Å²) in [6.07, 6.45) is 12.7. The first kappa shape index (κ1) is 16.7. The van der Waals surface area contributed by atoms with Crippen molar-refractivity contribution in [3.05, 3.63) is 82.5 Å². The molecule has 124 valence electrons. The van der Waals surface area contributed by atoms with Gasteiger partial charge in [-0.15, -0.1) is 0 Å². The van der Waals surface area contributed by atoms with Crippen LogP contribution in [0.4, 0.5) is 0 Å². The zero-order valence-corrected chi connectivity index (χ0v) is 15.0. The SMILES string of the molecule is CC1=C/C=C(/C2=CC(c3ccccc3)=NCCC2)C(C)CC=C1C. The topological polar surface area (TPSA) is 12.4 Å². The highest BCUT2D eigenvalue weighted by atomic mass is 14.7. The third kappa shape index (κ3) is 3.84. The van der Waals surface area contributed by atoms with E-state index in [0.29, 0.717) is 5.92 Å². The molecular weight excluding hydrogens is 290 g/mol. The quantitative estimate of drug-likeness (QED) is 0.629. The van der Waals surface area contributed by atoms with Gasteiger partial charge in [0.2, 0.25) is 0 Å². The molecule has 0 radical (unpaired) electrons. The molecule has 0 aromatic heterocycles. The minimum Gasteiger partial charge on any atom is -0.285 e. The highest BCUT2D eigenvalue weighted by Crippen LogP contribution is 2.31. The van der Waals surface area contributed by atoms with Crippen molar-refractivity contribution in [2.75, 3.05) is 6.54 Å². The van der Waals surface area contributed by atoms with E-state index in [1.807, 2.05) is 0 Å². The number of hydrogen-bond donors (Lipinski definition) is 0. The van der Waals surface area contributed by atoms with Gasteiger partial charge >= 0.3 is 0 Å². The molecule has 0 fully saturated rings. The molecule has 0 amide bonds. The summed E-state index contributed by atoms with van der Waals surface area (Å²) in [6, 6.07) is 10.6. The van der Waals surface area contributed by atoms with Gasteiger partial charge in [-0.3, -0.25) is 4.99 Å². The van der Waals surface area contributed by atoms with Crippen LogP contribution in [-0.4, -0.2) is 12.3 Å². The van der Waals surface area contributed by atoms with Crippen LogP contribution in [0.2, 0.25) is 0 Å². The third-order valence-corrected chi connectivity index (χ3v) is 5.08. The lowest BCUT2D eigenvalue weighted by atomic mass is 9.85. The predicted octanol–water partition coefficient (Wildman–Crippen LogP) is 6.05. The molecule has 0 N–H and O–H groups in total. The summed E-state index contributed by atoms with van der Waals surface area (Å²) in [4.78, 5) is 4.82. The number of rotatable bonds is 2. The maximum Gasteiger partial charge on any atom is 0.0649 e. The van der Waals surface area contributed by atoms with Crippen LogP contribution in [0.5, 0.6) is 0 Å². The van der Waals surface area contributed by atoms with E-state index in [2.05, 4.69) is 75.4 Å². The first-order valence-corrected chi connectivity index (χ1v) is 9.01. The summed E-state index contributed by atoms with van der Waals surface area (Å²) in [7, 11) is 0. The molecule has 1 aromatic carbocycles. The lowest BCUT2D eigenvalue weighted by Gasteiger charge is -2.20. The molecule has 1 atom stereocenters. The van der Waals surface area contributed by atoms with Crippen LogP contribution in [0.15, 0.2) is 81.9 Å². The Bertz CT molecular complexity index is 741. The Kier molecular flexibility index (Phi) is 5.30. The monoisotopic (exact) mass is 317 g/mol. The molecule has 1 aromatic rings. The van der Waals surface area contributed by atoms with Gasteiger partial charge in [0, 0.05) is 6.54 Å². The van der Waals surface area contributed by atoms with Crippen molar-refractivity contribution < 1.29 is 0 Å². The van der Waals surface area contributed by atoms with E-state index in [0.717, 1.165) is 31.5 Å². The Balaban J connectivity index is 1.98. The second-order valence-corrected chi connectivity index (χ2v) is 6.90. The second kappa shape index (κ2) is 7.61. The molecule has 1 heteroatoms. The summed E-state index contributed by atoms with van der Waals surface area (Å²) in [6.45, 7) is 7.67. The van der Waals surface area contributed by atoms with Crippen LogP contribution in [0.1, 0.15) is 45.6 Å². The van der Waals surface area contributed by atoms with Crippen LogP contribution in [0.25, 0.3) is 0 Å². The maximum absolute atomic E-state index is 4.82. The average molecular weight is 317 g/mol. The molecule has 2 aliphatic rings. The Morgan fingerprint density at radius 2 is 1.79 bits per heavy atom. The molecule has 0 saturated heterocycles. The Hall–Kier alpha value is -2.15. The maximum atomic E-state index is 4.82. The van der Waals surface area contributed by atoms with Crippen molar-refractivity contribution >= 4 is 5.71 Å². The van der Waals surface area contributed by atoms with Crippen molar-refractivity contribution in [2.24, 2.45) is 10.9 Å². The van der Waals surface area contributed by atoms with Gasteiger partial charge < -0.3 is 0 Å². The van der Waals surface area contributed by atoms with E-state index in [1.165, 1.54) is 27.9 Å². The fourth-order valence-electron chi connectivity index (χ4n) is 3.34. The minimum atomic E-state index is 0.547. The molecule has 0 bridgehead atoms. The first-order valence-electron chi connectivity index (χ1n) is 9.01. The fourth-order valence-corrected chi connectivity index (χ4v) is 3.34. The molecule has 1 aliphatic carbocycles. The Morgan fingerprint density at radius 3 is 2.58 bits per heavy atom. The number of aliphatic imine (C=N–C) groups is 1. The van der Waals surface area contributed by atoms with E-state index in [-0.39, 0.29) is 0 Å². The zero-order chi connectivity index (χ0) is 16.9. The molecule has 1 heterocycles. The normalized spacial score (nSPS) is 24.3. The zero-order valence-electron chi connectivity index (χ0n) is 15.0. The fraction of sp³-hybridized carbons (Fsp3) is 0.348. The van der Waals surface area contributed by atoms with E-state index in [4.69, 9.17) is 4.99 Å². The molecule has 3 rings (SSSR count). The van der Waals surface area contributed by atoms with Gasteiger partial charge in [0.05, 0.1) is 5.71 Å². The summed E-state index contributed by atoms with van der Waals surface area (Å²) in [5, 5.41) is 0. The van der Waals surface area contributed by atoms with Crippen LogP contribution >= 0.6 is 0 Å². The molecule has 24 heavy (non-hydrogen) atoms. The third-order valence-electron chi connectivity index (χ3n) is 5.08. The lowest BCUT2D eigenvalue weighted by Crippen LogP contribution is -2.06. The van der Waals surface area contributed by atoms with E-state index < -0.39 is 0 Å². The molecule has 1 unspecified atom stereocenters. The molecule has 1 nitrogen and oxygen atoms in total. The summed E-state index contributed by atoms with van der Waals surface area (Å²) in [5.41, 5.74) is 8.05. The van der Waals surface area contributed by atoms with Crippen molar-refractivity contribution in [3.8, 4) is 0 Å². The minimum absolute atomic E-state index is 0.547. The van der Waals surface area contributed by atoms with Gasteiger partial charge in [-0.1, -0.05) is 61.1 Å². The molecular formula is C23H27N. The number of benzene rings is 1. The molecule has 0 spiro atoms. The van der Waals surface area contributed by atoms with Crippen LogP contribution < -0.4 is 0 Å². The first-order chi connectivity index (χ1) is 11.6. The standard InChI is InChI=1S/C23H27N/c1-17-11-12-19(3)22(14-13-18(17)2)21-10-7-15-24-23(16-21)20-8-5-4-6-9-20/h4-6,8-9,11,13-14,16,19H,7,10,12,15H2,1-3H3/b17-11?,18-13?,22-14+. The van der Waals surface area contributed by atoms with Gasteiger partial charge in [-0.2, -0.15) is 0 Å². The smallest absolute Gasteiger partial charge is 0.0649 e. The Morgan fingerprint density at radius 1 is 1.00 bits per heavy atom. The summed E-state index contributed by atoms with van der Waals surface area (Å²) < 4.78 is 0. The average Bonchev–Trinajstić information content (AvgIpc) is 2.85. The molecule has 0 saturated carbocycles. The highest BCUT2D eigenvalue weighted by molar-refractivity contribution is 6.09. The summed E-state index contributed by atoms with van der Waals surface area (Å²) in [5.74, 6) is 0.547. The van der Waals surface area contributed by atoms with Crippen molar-refractivity contribution in [1.29, 1.82) is 0 Å².